The van der Waals surface area contributed by atoms with Gasteiger partial charge in [-0.1, -0.05) is 0 Å². The highest BCUT2D eigenvalue weighted by molar-refractivity contribution is 5.49. The van der Waals surface area contributed by atoms with Gasteiger partial charge in [-0.2, -0.15) is 0 Å². The molecule has 0 amide bonds. The van der Waals surface area contributed by atoms with Crippen LogP contribution in [0.15, 0.2) is 12.1 Å². The highest BCUT2D eigenvalue weighted by atomic mass is 16.6. The first-order valence-electron chi connectivity index (χ1n) is 8.30. The Hall–Kier alpha value is -1.22. The van der Waals surface area contributed by atoms with Crippen molar-refractivity contribution in [1.82, 2.24) is 0 Å². The Morgan fingerprint density at radius 2 is 2.14 bits per heavy atom. The molecular weight excluding hydrogens is 264 g/mol. The molecule has 1 heterocycles. The Morgan fingerprint density at radius 3 is 2.95 bits per heavy atom. The zero-order valence-electron chi connectivity index (χ0n) is 12.5. The summed E-state index contributed by atoms with van der Waals surface area (Å²) < 4.78 is 11.4. The Balaban J connectivity index is 1.55. The smallest absolute Gasteiger partial charge is 0.160 e. The van der Waals surface area contributed by atoms with Gasteiger partial charge in [-0.3, -0.25) is 0 Å². The van der Waals surface area contributed by atoms with Crippen molar-refractivity contribution in [2.75, 3.05) is 7.11 Å². The second-order valence-corrected chi connectivity index (χ2v) is 7.32. The van der Waals surface area contributed by atoms with Gasteiger partial charge >= 0.3 is 0 Å². The number of ether oxygens (including phenoxy) is 2. The zero-order valence-corrected chi connectivity index (χ0v) is 12.5. The van der Waals surface area contributed by atoms with E-state index in [1.165, 1.54) is 43.2 Å². The average Bonchev–Trinajstić information content (AvgIpc) is 3.07. The normalized spacial score (nSPS) is 42.5. The summed E-state index contributed by atoms with van der Waals surface area (Å²) in [6, 6.07) is 4.03. The maximum absolute atomic E-state index is 10.0. The molecule has 1 aliphatic heterocycles. The Morgan fingerprint density at radius 1 is 1.24 bits per heavy atom. The summed E-state index contributed by atoms with van der Waals surface area (Å²) in [6.07, 6.45) is 8.03. The van der Waals surface area contributed by atoms with Crippen molar-refractivity contribution >= 4 is 0 Å². The van der Waals surface area contributed by atoms with E-state index in [2.05, 4.69) is 6.07 Å². The number of phenolic OH excluding ortho intramolecular Hbond substituents is 1. The lowest BCUT2D eigenvalue weighted by Gasteiger charge is -2.44. The third kappa shape index (κ3) is 1.48. The highest BCUT2D eigenvalue weighted by Gasteiger charge is 2.68. The molecule has 3 aliphatic carbocycles. The van der Waals surface area contributed by atoms with E-state index in [9.17, 15) is 5.11 Å². The van der Waals surface area contributed by atoms with E-state index in [-0.39, 0.29) is 11.4 Å². The first kappa shape index (κ1) is 12.3. The van der Waals surface area contributed by atoms with Crippen molar-refractivity contribution in [1.29, 1.82) is 0 Å². The maximum atomic E-state index is 10.0. The van der Waals surface area contributed by atoms with Crippen LogP contribution in [0.25, 0.3) is 0 Å². The van der Waals surface area contributed by atoms with Crippen LogP contribution in [0.3, 0.4) is 0 Å². The summed E-state index contributed by atoms with van der Waals surface area (Å²) in [7, 11) is 1.64. The molecule has 21 heavy (non-hydrogen) atoms. The molecule has 4 aliphatic rings. The van der Waals surface area contributed by atoms with Gasteiger partial charge in [0.25, 0.3) is 0 Å². The molecule has 1 aromatic rings. The number of hydrogen-bond acceptors (Lipinski definition) is 3. The fourth-order valence-electron chi connectivity index (χ4n) is 5.76. The molecule has 2 saturated carbocycles. The predicted molar refractivity (Wildman–Crippen MR) is 78.8 cm³/mol. The maximum Gasteiger partial charge on any atom is 0.160 e. The molecule has 1 saturated heterocycles. The summed E-state index contributed by atoms with van der Waals surface area (Å²) in [5, 5.41) is 10.0. The molecule has 1 aromatic carbocycles. The van der Waals surface area contributed by atoms with Crippen molar-refractivity contribution in [3.63, 3.8) is 0 Å². The lowest BCUT2D eigenvalue weighted by molar-refractivity contribution is 0.0656. The number of rotatable bonds is 1. The van der Waals surface area contributed by atoms with Crippen molar-refractivity contribution in [2.24, 2.45) is 11.8 Å². The van der Waals surface area contributed by atoms with E-state index in [0.29, 0.717) is 17.8 Å². The molecule has 5 rings (SSSR count). The number of hydrogen-bond donors (Lipinski definition) is 1. The van der Waals surface area contributed by atoms with Gasteiger partial charge in [-0.25, -0.2) is 0 Å². The van der Waals surface area contributed by atoms with Crippen LogP contribution >= 0.6 is 0 Å². The van der Waals surface area contributed by atoms with Gasteiger partial charge < -0.3 is 14.6 Å². The van der Waals surface area contributed by atoms with Gasteiger partial charge in [0.1, 0.15) is 0 Å². The minimum atomic E-state index is 0.277. The van der Waals surface area contributed by atoms with Crippen LogP contribution in [0.2, 0.25) is 0 Å². The van der Waals surface area contributed by atoms with Gasteiger partial charge in [0.2, 0.25) is 0 Å². The van der Waals surface area contributed by atoms with Crippen molar-refractivity contribution in [2.45, 2.75) is 56.1 Å². The van der Waals surface area contributed by atoms with Crippen molar-refractivity contribution < 1.29 is 14.6 Å². The molecule has 3 nitrogen and oxygen atoms in total. The third-order valence-corrected chi connectivity index (χ3v) is 6.68. The van der Waals surface area contributed by atoms with E-state index in [1.54, 1.807) is 7.11 Å². The molecule has 3 heteroatoms. The Labute approximate surface area is 125 Å². The van der Waals surface area contributed by atoms with Gasteiger partial charge in [0.15, 0.2) is 11.5 Å². The number of epoxide rings is 1. The molecule has 5 atom stereocenters. The fourth-order valence-corrected chi connectivity index (χ4v) is 5.76. The zero-order chi connectivity index (χ0) is 14.2. The summed E-state index contributed by atoms with van der Waals surface area (Å²) in [4.78, 5) is 0. The van der Waals surface area contributed by atoms with Gasteiger partial charge in [-0.05, 0) is 79.5 Å². The first-order valence-corrected chi connectivity index (χ1v) is 8.30. The van der Waals surface area contributed by atoms with Gasteiger partial charge in [0, 0.05) is 0 Å². The van der Waals surface area contributed by atoms with E-state index in [0.717, 1.165) is 18.3 Å². The summed E-state index contributed by atoms with van der Waals surface area (Å²) in [5.41, 5.74) is 3.04. The van der Waals surface area contributed by atoms with Gasteiger partial charge in [0.05, 0.1) is 18.8 Å². The third-order valence-electron chi connectivity index (χ3n) is 6.68. The Bertz CT molecular complexity index is 611. The summed E-state index contributed by atoms with van der Waals surface area (Å²) in [6.45, 7) is 0. The van der Waals surface area contributed by atoms with Crippen molar-refractivity contribution in [3.05, 3.63) is 23.3 Å². The summed E-state index contributed by atoms with van der Waals surface area (Å²) in [5.74, 6) is 3.10. The topological polar surface area (TPSA) is 42.0 Å². The molecule has 1 spiro atoms. The lowest BCUT2D eigenvalue weighted by Crippen LogP contribution is -2.40. The van der Waals surface area contributed by atoms with Crippen LogP contribution in [0.1, 0.15) is 49.1 Å². The number of aromatic hydroxyl groups is 1. The molecule has 1 N–H and O–H groups in total. The SMILES string of the molecule is COc1cc2c(cc1O)CCC1C2CCC23OC2CCC13. The standard InChI is InChI=1S/C18H22O3/c1-20-16-9-13-10(8-15(16)19)2-3-12-11(13)6-7-18-14(12)4-5-17(18)21-18/h8-9,11-12,14,17,19H,2-7H2,1H3. The quantitative estimate of drug-likeness (QED) is 0.805. The molecular formula is C18H22O3. The van der Waals surface area contributed by atoms with E-state index in [4.69, 9.17) is 9.47 Å². The molecule has 5 unspecified atom stereocenters. The molecule has 3 fully saturated rings. The van der Waals surface area contributed by atoms with Gasteiger partial charge in [-0.15, -0.1) is 0 Å². The minimum Gasteiger partial charge on any atom is -0.504 e. The van der Waals surface area contributed by atoms with Crippen molar-refractivity contribution in [3.8, 4) is 11.5 Å². The monoisotopic (exact) mass is 286 g/mol. The number of fused-ring (bicyclic) bond motifs is 4. The number of aryl methyl sites for hydroxylation is 1. The largest absolute Gasteiger partial charge is 0.504 e. The molecule has 0 radical (unpaired) electrons. The van der Waals surface area contributed by atoms with Crippen LogP contribution in [0.4, 0.5) is 0 Å². The van der Waals surface area contributed by atoms with Crippen LogP contribution in [-0.4, -0.2) is 23.9 Å². The first-order chi connectivity index (χ1) is 10.2. The van der Waals surface area contributed by atoms with Crippen LogP contribution < -0.4 is 4.74 Å². The highest BCUT2D eigenvalue weighted by Crippen LogP contribution is 2.66. The van der Waals surface area contributed by atoms with E-state index in [1.807, 2.05) is 6.07 Å². The van der Waals surface area contributed by atoms with E-state index >= 15 is 0 Å². The molecule has 0 aromatic heterocycles. The number of phenols is 1. The van der Waals surface area contributed by atoms with Crippen LogP contribution in [0, 0.1) is 11.8 Å². The summed E-state index contributed by atoms with van der Waals surface area (Å²) >= 11 is 0. The van der Waals surface area contributed by atoms with Crippen LogP contribution in [-0.2, 0) is 11.2 Å². The van der Waals surface area contributed by atoms with Crippen LogP contribution in [0.5, 0.6) is 11.5 Å². The second kappa shape index (κ2) is 3.95. The molecule has 0 bridgehead atoms. The number of methoxy groups -OCH3 is 1. The predicted octanol–water partition coefficient (Wildman–Crippen LogP) is 3.39. The lowest BCUT2D eigenvalue weighted by atomic mass is 9.60. The minimum absolute atomic E-state index is 0.277. The fraction of sp³-hybridized carbons (Fsp3) is 0.667. The molecule has 112 valence electrons. The average molecular weight is 286 g/mol. The second-order valence-electron chi connectivity index (χ2n) is 7.32. The number of benzene rings is 1. The van der Waals surface area contributed by atoms with E-state index < -0.39 is 0 Å². The Kier molecular flexibility index (Phi) is 2.32.